The Morgan fingerprint density at radius 2 is 1.67 bits per heavy atom. The molecule has 0 bridgehead atoms. The summed E-state index contributed by atoms with van der Waals surface area (Å²) >= 11 is 0. The number of fused-ring (bicyclic) bond motifs is 1. The fourth-order valence-corrected chi connectivity index (χ4v) is 3.89. The Morgan fingerprint density at radius 1 is 1.06 bits per heavy atom. The lowest BCUT2D eigenvalue weighted by atomic mass is 10.0. The number of hydrogen-bond acceptors (Lipinski definition) is 6. The van der Waals surface area contributed by atoms with Crippen LogP contribution < -0.4 is 0 Å². The van der Waals surface area contributed by atoms with Crippen LogP contribution in [0.25, 0.3) is 0 Å². The van der Waals surface area contributed by atoms with Crippen LogP contribution in [0.5, 0.6) is 0 Å². The highest BCUT2D eigenvalue weighted by molar-refractivity contribution is 5.73. The number of nitrogens with zero attached hydrogens (tertiary/aromatic N) is 3. The molecule has 0 aromatic carbocycles. The summed E-state index contributed by atoms with van der Waals surface area (Å²) in [5.74, 6) is -4.57. The normalized spacial score (nSPS) is 24.1. The molecule has 1 aromatic rings. The van der Waals surface area contributed by atoms with Crippen LogP contribution in [0, 0.1) is 5.92 Å². The van der Waals surface area contributed by atoms with Crippen molar-refractivity contribution in [3.63, 3.8) is 0 Å². The SMILES string of the molecule is O=C(O)C(F)(F)F.O=C(O)C(F)(F)F.c1cnn(CCCO[C@@H]2CN(CC3CC3)[C@@H]3CCCO[C@@H]32)c1. The lowest BCUT2D eigenvalue weighted by molar-refractivity contribution is -0.193. The Hall–Kier alpha value is -2.39. The molecule has 1 aromatic heterocycles. The number of alkyl halides is 6. The number of likely N-dealkylation sites (tertiary alicyclic amines) is 1. The number of carbonyl (C=O) groups is 2. The molecule has 15 heteroatoms. The van der Waals surface area contributed by atoms with Gasteiger partial charge in [0.2, 0.25) is 0 Å². The topological polar surface area (TPSA) is 114 Å². The minimum atomic E-state index is -5.08. The molecule has 3 fully saturated rings. The van der Waals surface area contributed by atoms with Gasteiger partial charge in [0.25, 0.3) is 0 Å². The molecule has 0 radical (unpaired) electrons. The van der Waals surface area contributed by atoms with E-state index in [0.717, 1.165) is 38.6 Å². The van der Waals surface area contributed by atoms with Gasteiger partial charge in [0, 0.05) is 51.3 Å². The maximum atomic E-state index is 10.6. The largest absolute Gasteiger partial charge is 0.490 e. The highest BCUT2D eigenvalue weighted by atomic mass is 19.4. The van der Waals surface area contributed by atoms with Gasteiger partial charge < -0.3 is 19.7 Å². The first-order valence-corrected chi connectivity index (χ1v) is 11.3. The van der Waals surface area contributed by atoms with Gasteiger partial charge in [-0.1, -0.05) is 0 Å². The Morgan fingerprint density at radius 3 is 2.17 bits per heavy atom. The van der Waals surface area contributed by atoms with E-state index >= 15 is 0 Å². The van der Waals surface area contributed by atoms with E-state index in [9.17, 15) is 26.3 Å². The van der Waals surface area contributed by atoms with Crippen molar-refractivity contribution in [1.29, 1.82) is 0 Å². The molecule has 3 atom stereocenters. The van der Waals surface area contributed by atoms with E-state index in [1.807, 2.05) is 23.1 Å². The predicted molar refractivity (Wildman–Crippen MR) is 111 cm³/mol. The zero-order chi connectivity index (χ0) is 26.9. The van der Waals surface area contributed by atoms with Crippen molar-refractivity contribution in [1.82, 2.24) is 14.7 Å². The van der Waals surface area contributed by atoms with Gasteiger partial charge in [-0.2, -0.15) is 31.4 Å². The highest BCUT2D eigenvalue weighted by Gasteiger charge is 2.45. The second kappa shape index (κ2) is 13.2. The average molecular weight is 533 g/mol. The van der Waals surface area contributed by atoms with E-state index in [1.165, 1.54) is 32.2 Å². The molecule has 0 unspecified atom stereocenters. The number of carboxylic acid groups (broad SMARTS) is 2. The fourth-order valence-electron chi connectivity index (χ4n) is 3.89. The number of ether oxygens (including phenoxy) is 2. The van der Waals surface area contributed by atoms with Crippen LogP contribution in [0.3, 0.4) is 0 Å². The molecule has 36 heavy (non-hydrogen) atoms. The first kappa shape index (κ1) is 29.8. The van der Waals surface area contributed by atoms with Crippen LogP contribution >= 0.6 is 0 Å². The summed E-state index contributed by atoms with van der Waals surface area (Å²) in [4.78, 5) is 20.4. The number of halogens is 6. The maximum Gasteiger partial charge on any atom is 0.490 e. The summed E-state index contributed by atoms with van der Waals surface area (Å²) in [6.45, 7) is 4.96. The van der Waals surface area contributed by atoms with Crippen LogP contribution in [-0.2, 0) is 25.6 Å². The molecule has 2 saturated heterocycles. The van der Waals surface area contributed by atoms with E-state index in [4.69, 9.17) is 29.3 Å². The van der Waals surface area contributed by atoms with Crippen LogP contribution in [-0.4, -0.2) is 93.7 Å². The number of aryl methyl sites for hydroxylation is 1. The number of aromatic nitrogens is 2. The second-order valence-electron chi connectivity index (χ2n) is 8.58. The van der Waals surface area contributed by atoms with Crippen molar-refractivity contribution in [2.24, 2.45) is 5.92 Å². The summed E-state index contributed by atoms with van der Waals surface area (Å²) in [6, 6.07) is 2.57. The van der Waals surface area contributed by atoms with Gasteiger partial charge in [-0.05, 0) is 44.1 Å². The van der Waals surface area contributed by atoms with Gasteiger partial charge in [0.1, 0.15) is 6.10 Å². The monoisotopic (exact) mass is 533 g/mol. The third-order valence-corrected chi connectivity index (χ3v) is 5.68. The molecule has 4 rings (SSSR count). The minimum Gasteiger partial charge on any atom is -0.475 e. The zero-order valence-electron chi connectivity index (χ0n) is 19.2. The first-order chi connectivity index (χ1) is 16.8. The molecule has 9 nitrogen and oxygen atoms in total. The second-order valence-corrected chi connectivity index (χ2v) is 8.58. The third-order valence-electron chi connectivity index (χ3n) is 5.68. The maximum absolute atomic E-state index is 10.6. The van der Waals surface area contributed by atoms with E-state index in [0.29, 0.717) is 12.1 Å². The number of hydrogen-bond donors (Lipinski definition) is 2. The number of rotatable bonds is 7. The smallest absolute Gasteiger partial charge is 0.475 e. The minimum absolute atomic E-state index is 0.265. The average Bonchev–Trinajstić information content (AvgIpc) is 3.32. The Balaban J connectivity index is 0.000000271. The highest BCUT2D eigenvalue weighted by Crippen LogP contribution is 2.36. The summed E-state index contributed by atoms with van der Waals surface area (Å²) < 4.78 is 77.7. The third kappa shape index (κ3) is 10.3. The van der Waals surface area contributed by atoms with Gasteiger partial charge in [-0.15, -0.1) is 0 Å². The van der Waals surface area contributed by atoms with Crippen molar-refractivity contribution < 1.29 is 55.6 Å². The van der Waals surface area contributed by atoms with E-state index in [1.54, 1.807) is 0 Å². The fraction of sp³-hybridized carbons (Fsp3) is 0.762. The summed E-state index contributed by atoms with van der Waals surface area (Å²) in [7, 11) is 0. The molecule has 1 saturated carbocycles. The molecule has 2 N–H and O–H groups in total. The summed E-state index contributed by atoms with van der Waals surface area (Å²) in [6.07, 6.45) is 0.575. The predicted octanol–water partition coefficient (Wildman–Crippen LogP) is 3.20. The Kier molecular flexibility index (Phi) is 11.0. The Bertz CT molecular complexity index is 792. The molecule has 3 heterocycles. The molecule has 1 aliphatic carbocycles. The molecule has 3 aliphatic rings. The Labute approximate surface area is 202 Å². The molecular weight excluding hydrogens is 504 g/mol. The lowest BCUT2D eigenvalue weighted by Crippen LogP contribution is -2.42. The molecule has 206 valence electrons. The first-order valence-electron chi connectivity index (χ1n) is 11.3. The van der Waals surface area contributed by atoms with Crippen molar-refractivity contribution in [2.75, 3.05) is 26.3 Å². The van der Waals surface area contributed by atoms with Crippen molar-refractivity contribution in [3.8, 4) is 0 Å². The summed E-state index contributed by atoms with van der Waals surface area (Å²) in [5, 5.41) is 18.5. The van der Waals surface area contributed by atoms with Crippen molar-refractivity contribution >= 4 is 11.9 Å². The van der Waals surface area contributed by atoms with E-state index < -0.39 is 24.3 Å². The number of carboxylic acids is 2. The number of aliphatic carboxylic acids is 2. The summed E-state index contributed by atoms with van der Waals surface area (Å²) in [5.41, 5.74) is 0. The molecular formula is C21H29F6N3O6. The van der Waals surface area contributed by atoms with Gasteiger partial charge in [-0.3, -0.25) is 9.58 Å². The standard InChI is InChI=1S/C17H27N3O2.2C2HF3O2/c1-4-15-17(22-10-1)16(13-19(15)12-14-5-6-14)21-11-3-9-20-8-2-7-18-20;2*3-2(4,5)1(6)7/h2,7-8,14-17H,1,3-6,9-13H2;2*(H,6,7)/t15-,16-,17+;;/m1../s1. The molecule has 0 amide bonds. The van der Waals surface area contributed by atoms with Crippen LogP contribution in [0.1, 0.15) is 32.1 Å². The van der Waals surface area contributed by atoms with Crippen molar-refractivity contribution in [3.05, 3.63) is 18.5 Å². The molecule has 2 aliphatic heterocycles. The van der Waals surface area contributed by atoms with E-state index in [-0.39, 0.29) is 6.10 Å². The van der Waals surface area contributed by atoms with Gasteiger partial charge in [-0.25, -0.2) is 9.59 Å². The van der Waals surface area contributed by atoms with Gasteiger partial charge in [0.05, 0.1) is 6.10 Å². The van der Waals surface area contributed by atoms with Crippen molar-refractivity contribution in [2.45, 2.75) is 69.3 Å². The van der Waals surface area contributed by atoms with Gasteiger partial charge >= 0.3 is 24.3 Å². The van der Waals surface area contributed by atoms with Gasteiger partial charge in [0.15, 0.2) is 0 Å². The van der Waals surface area contributed by atoms with Crippen LogP contribution in [0.2, 0.25) is 0 Å². The molecule has 0 spiro atoms. The van der Waals surface area contributed by atoms with Crippen LogP contribution in [0.15, 0.2) is 18.5 Å². The zero-order valence-corrected chi connectivity index (χ0v) is 19.2. The quantitative estimate of drug-likeness (QED) is 0.406. The van der Waals surface area contributed by atoms with Crippen LogP contribution in [0.4, 0.5) is 26.3 Å². The lowest BCUT2D eigenvalue weighted by Gasteiger charge is -2.32. The van der Waals surface area contributed by atoms with E-state index in [2.05, 4.69) is 10.00 Å².